The summed E-state index contributed by atoms with van der Waals surface area (Å²) in [7, 11) is 0. The van der Waals surface area contributed by atoms with E-state index in [1.165, 1.54) is 0 Å². The summed E-state index contributed by atoms with van der Waals surface area (Å²) >= 11 is 11.5. The molecule has 8 heteroatoms. The lowest BCUT2D eigenvalue weighted by Gasteiger charge is -2.02. The van der Waals surface area contributed by atoms with E-state index < -0.39 is 0 Å². The molecule has 0 unspecified atom stereocenters. The average Bonchev–Trinajstić information content (AvgIpc) is 2.13. The van der Waals surface area contributed by atoms with Gasteiger partial charge in [-0.1, -0.05) is 0 Å². The molecule has 0 bridgehead atoms. The zero-order chi connectivity index (χ0) is 12.4. The zero-order valence-electron chi connectivity index (χ0n) is 9.15. The van der Waals surface area contributed by atoms with Gasteiger partial charge in [0.2, 0.25) is 10.6 Å². The topological polar surface area (TPSA) is 77.3 Å². The van der Waals surface area contributed by atoms with E-state index >= 15 is 0 Å². The standard InChI is InChI=1S/C9H8Cl2N6/c1-4-12-6(16-8(10)14-4)3-7-13-5(2)15-9(11)17-7/h3H2,1-2H3. The number of rotatable bonds is 2. The van der Waals surface area contributed by atoms with Crippen molar-refractivity contribution in [2.75, 3.05) is 0 Å². The van der Waals surface area contributed by atoms with Crippen molar-refractivity contribution < 1.29 is 0 Å². The van der Waals surface area contributed by atoms with E-state index in [9.17, 15) is 0 Å². The number of nitrogens with zero attached hydrogens (tertiary/aromatic N) is 6. The van der Waals surface area contributed by atoms with E-state index in [0.29, 0.717) is 29.7 Å². The van der Waals surface area contributed by atoms with Gasteiger partial charge in [-0.05, 0) is 37.0 Å². The van der Waals surface area contributed by atoms with Crippen LogP contribution in [-0.4, -0.2) is 29.9 Å². The molecule has 88 valence electrons. The predicted molar refractivity (Wildman–Crippen MR) is 62.0 cm³/mol. The fraction of sp³-hybridized carbons (Fsp3) is 0.333. The lowest BCUT2D eigenvalue weighted by Crippen LogP contribution is -2.06. The van der Waals surface area contributed by atoms with Crippen molar-refractivity contribution in [3.05, 3.63) is 33.9 Å². The number of hydrogen-bond acceptors (Lipinski definition) is 6. The molecule has 17 heavy (non-hydrogen) atoms. The Morgan fingerprint density at radius 2 is 1.12 bits per heavy atom. The Bertz CT molecular complexity index is 469. The van der Waals surface area contributed by atoms with Crippen LogP contribution < -0.4 is 0 Å². The number of aryl methyl sites for hydroxylation is 2. The minimum absolute atomic E-state index is 0.157. The van der Waals surface area contributed by atoms with Crippen molar-refractivity contribution in [1.29, 1.82) is 0 Å². The Morgan fingerprint density at radius 3 is 1.47 bits per heavy atom. The number of hydrogen-bond donors (Lipinski definition) is 0. The molecule has 0 radical (unpaired) electrons. The van der Waals surface area contributed by atoms with Crippen LogP contribution in [0.25, 0.3) is 0 Å². The molecule has 2 heterocycles. The molecule has 2 aromatic rings. The number of halogens is 2. The van der Waals surface area contributed by atoms with Crippen molar-refractivity contribution in [3.8, 4) is 0 Å². The largest absolute Gasteiger partial charge is 0.225 e. The van der Waals surface area contributed by atoms with Gasteiger partial charge in [-0.25, -0.2) is 29.9 Å². The molecule has 0 saturated heterocycles. The van der Waals surface area contributed by atoms with Crippen LogP contribution >= 0.6 is 23.2 Å². The van der Waals surface area contributed by atoms with Crippen molar-refractivity contribution >= 4 is 23.2 Å². The second kappa shape index (κ2) is 4.85. The summed E-state index contributed by atoms with van der Waals surface area (Å²) in [5, 5.41) is 0.314. The Hall–Kier alpha value is -1.40. The third kappa shape index (κ3) is 3.28. The molecule has 2 rings (SSSR count). The van der Waals surface area contributed by atoms with E-state index in [4.69, 9.17) is 23.2 Å². The Morgan fingerprint density at radius 1 is 0.706 bits per heavy atom. The Labute approximate surface area is 108 Å². The first-order chi connectivity index (χ1) is 8.02. The Kier molecular flexibility index (Phi) is 3.44. The van der Waals surface area contributed by atoms with Gasteiger partial charge in [-0.15, -0.1) is 0 Å². The van der Waals surface area contributed by atoms with E-state index in [0.717, 1.165) is 0 Å². The third-order valence-corrected chi connectivity index (χ3v) is 2.19. The SMILES string of the molecule is Cc1nc(Cl)nc(Cc2nc(C)nc(Cl)n2)n1. The van der Waals surface area contributed by atoms with Gasteiger partial charge in [0.1, 0.15) is 23.3 Å². The fourth-order valence-electron chi connectivity index (χ4n) is 1.30. The van der Waals surface area contributed by atoms with Crippen LogP contribution in [0, 0.1) is 13.8 Å². The van der Waals surface area contributed by atoms with Crippen molar-refractivity contribution in [2.24, 2.45) is 0 Å². The molecule has 0 aliphatic carbocycles. The minimum atomic E-state index is 0.157. The highest BCUT2D eigenvalue weighted by molar-refractivity contribution is 6.28. The van der Waals surface area contributed by atoms with Crippen molar-refractivity contribution in [3.63, 3.8) is 0 Å². The summed E-state index contributed by atoms with van der Waals surface area (Å²) in [6.45, 7) is 3.48. The molecule has 0 aliphatic heterocycles. The summed E-state index contributed by atoms with van der Waals surface area (Å²) in [5.74, 6) is 2.11. The van der Waals surface area contributed by atoms with Gasteiger partial charge in [-0.3, -0.25) is 0 Å². The maximum absolute atomic E-state index is 5.74. The highest BCUT2D eigenvalue weighted by atomic mass is 35.5. The third-order valence-electron chi connectivity index (χ3n) is 1.85. The van der Waals surface area contributed by atoms with Crippen LogP contribution in [0.15, 0.2) is 0 Å². The van der Waals surface area contributed by atoms with E-state index in [-0.39, 0.29) is 10.6 Å². The molecule has 0 fully saturated rings. The first-order valence-corrected chi connectivity index (χ1v) is 5.52. The molecule has 0 aromatic carbocycles. The highest BCUT2D eigenvalue weighted by Gasteiger charge is 2.07. The van der Waals surface area contributed by atoms with E-state index in [1.807, 2.05) is 0 Å². The molecule has 0 aliphatic rings. The van der Waals surface area contributed by atoms with Crippen LogP contribution in [0.4, 0.5) is 0 Å². The number of aromatic nitrogens is 6. The summed E-state index contributed by atoms with van der Waals surface area (Å²) in [6.07, 6.45) is 0.339. The maximum atomic E-state index is 5.74. The van der Waals surface area contributed by atoms with Gasteiger partial charge >= 0.3 is 0 Å². The summed E-state index contributed by atoms with van der Waals surface area (Å²) < 4.78 is 0. The van der Waals surface area contributed by atoms with E-state index in [2.05, 4.69) is 29.9 Å². The quantitative estimate of drug-likeness (QED) is 0.825. The van der Waals surface area contributed by atoms with Gasteiger partial charge in [0.05, 0.1) is 6.42 Å². The van der Waals surface area contributed by atoms with Gasteiger partial charge < -0.3 is 0 Å². The molecular weight excluding hydrogens is 263 g/mol. The molecule has 0 amide bonds. The summed E-state index contributed by atoms with van der Waals surface area (Å²) in [6, 6.07) is 0. The molecular formula is C9H8Cl2N6. The van der Waals surface area contributed by atoms with Crippen LogP contribution in [0.2, 0.25) is 10.6 Å². The molecule has 0 spiro atoms. The van der Waals surface area contributed by atoms with Gasteiger partial charge in [0.15, 0.2) is 0 Å². The van der Waals surface area contributed by atoms with Crippen molar-refractivity contribution in [1.82, 2.24) is 29.9 Å². The minimum Gasteiger partial charge on any atom is -0.218 e. The van der Waals surface area contributed by atoms with Crippen LogP contribution in [-0.2, 0) is 6.42 Å². The van der Waals surface area contributed by atoms with Gasteiger partial charge in [-0.2, -0.15) is 0 Å². The first kappa shape index (κ1) is 12.1. The van der Waals surface area contributed by atoms with Gasteiger partial charge in [0.25, 0.3) is 0 Å². The van der Waals surface area contributed by atoms with Crippen molar-refractivity contribution in [2.45, 2.75) is 20.3 Å². The molecule has 6 nitrogen and oxygen atoms in total. The maximum Gasteiger partial charge on any atom is 0.225 e. The fourth-order valence-corrected chi connectivity index (χ4v) is 1.74. The van der Waals surface area contributed by atoms with E-state index in [1.54, 1.807) is 13.8 Å². The molecule has 0 atom stereocenters. The summed E-state index contributed by atoms with van der Waals surface area (Å²) in [5.41, 5.74) is 0. The first-order valence-electron chi connectivity index (χ1n) is 4.77. The molecule has 2 aromatic heterocycles. The monoisotopic (exact) mass is 270 g/mol. The smallest absolute Gasteiger partial charge is 0.218 e. The lowest BCUT2D eigenvalue weighted by molar-refractivity contribution is 0.815. The molecule has 0 saturated carbocycles. The highest BCUT2D eigenvalue weighted by Crippen LogP contribution is 2.07. The van der Waals surface area contributed by atoms with Crippen LogP contribution in [0.3, 0.4) is 0 Å². The zero-order valence-corrected chi connectivity index (χ0v) is 10.7. The predicted octanol–water partition coefficient (Wildman–Crippen LogP) is 1.57. The second-order valence-electron chi connectivity index (χ2n) is 3.31. The van der Waals surface area contributed by atoms with Crippen LogP contribution in [0.1, 0.15) is 23.3 Å². The Balaban J connectivity index is 2.31. The lowest BCUT2D eigenvalue weighted by atomic mass is 10.4. The second-order valence-corrected chi connectivity index (χ2v) is 3.99. The average molecular weight is 271 g/mol. The van der Waals surface area contributed by atoms with Crippen LogP contribution in [0.5, 0.6) is 0 Å². The van der Waals surface area contributed by atoms with Gasteiger partial charge in [0, 0.05) is 0 Å². The normalized spacial score (nSPS) is 10.6. The summed E-state index contributed by atoms with van der Waals surface area (Å²) in [4.78, 5) is 24.0. The molecule has 0 N–H and O–H groups in total.